The van der Waals surface area contributed by atoms with Crippen LogP contribution in [0.4, 0.5) is 5.69 Å². The average molecular weight is 402 g/mol. The van der Waals surface area contributed by atoms with Gasteiger partial charge in [0.1, 0.15) is 5.75 Å². The van der Waals surface area contributed by atoms with Gasteiger partial charge in [0.25, 0.3) is 0 Å². The Morgan fingerprint density at radius 1 is 1.12 bits per heavy atom. The van der Waals surface area contributed by atoms with E-state index in [1.807, 2.05) is 17.0 Å². The molecule has 1 amide bonds. The van der Waals surface area contributed by atoms with Gasteiger partial charge in [0.2, 0.25) is 5.91 Å². The Morgan fingerprint density at radius 3 is 2.42 bits per heavy atom. The van der Waals surface area contributed by atoms with Gasteiger partial charge in [-0.25, -0.2) is 0 Å². The number of ether oxygens (including phenoxy) is 1. The van der Waals surface area contributed by atoms with E-state index >= 15 is 0 Å². The smallest absolute Gasteiger partial charge is 0.227 e. The van der Waals surface area contributed by atoms with Crippen LogP contribution in [0.15, 0.2) is 24.3 Å². The van der Waals surface area contributed by atoms with Crippen LogP contribution in [-0.4, -0.2) is 50.1 Å². The lowest BCUT2D eigenvalue weighted by Crippen LogP contribution is -2.53. The van der Waals surface area contributed by atoms with Crippen molar-refractivity contribution >= 4 is 36.4 Å². The highest BCUT2D eigenvalue weighted by atomic mass is 35.5. The molecule has 146 valence electrons. The Balaban J connectivity index is 0.00000121. The molecular formula is C19H29Cl2N3O2. The molecule has 1 saturated heterocycles. The van der Waals surface area contributed by atoms with Crippen LogP contribution >= 0.6 is 24.8 Å². The van der Waals surface area contributed by atoms with Gasteiger partial charge in [-0.1, -0.05) is 6.07 Å². The number of amides is 1. The fraction of sp³-hybridized carbons (Fsp3) is 0.632. The Kier molecular flexibility index (Phi) is 7.05. The molecule has 26 heavy (non-hydrogen) atoms. The highest BCUT2D eigenvalue weighted by molar-refractivity contribution is 5.85. The molecule has 4 rings (SSSR count). The van der Waals surface area contributed by atoms with E-state index in [2.05, 4.69) is 17.0 Å². The number of nitrogens with two attached hydrogens (primary N) is 1. The lowest BCUT2D eigenvalue weighted by molar-refractivity contribution is -0.138. The normalized spacial score (nSPS) is 29.8. The van der Waals surface area contributed by atoms with Crippen molar-refractivity contribution in [3.63, 3.8) is 0 Å². The first-order valence-electron chi connectivity index (χ1n) is 9.10. The molecule has 0 aromatic heterocycles. The standard InChI is InChI=1S/C19H27N3O2.2ClH/c1-24-16-4-2-3-15(12-16)21-7-9-22(10-8-21)19(23)17-13-5-6-14(11-13)18(17)20;;/h2-4,12-14,17-18H,5-11,20H2,1H3;2*1H. The van der Waals surface area contributed by atoms with Gasteiger partial charge in [-0.2, -0.15) is 0 Å². The highest BCUT2D eigenvalue weighted by Gasteiger charge is 2.50. The molecule has 0 radical (unpaired) electrons. The number of nitrogens with zero attached hydrogens (tertiary/aromatic N) is 2. The molecule has 0 spiro atoms. The number of methoxy groups -OCH3 is 1. The zero-order valence-corrected chi connectivity index (χ0v) is 16.8. The maximum Gasteiger partial charge on any atom is 0.227 e. The van der Waals surface area contributed by atoms with E-state index < -0.39 is 0 Å². The third-order valence-corrected chi connectivity index (χ3v) is 6.28. The minimum atomic E-state index is 0. The Hall–Kier alpha value is -1.17. The second-order valence-electron chi connectivity index (χ2n) is 7.45. The van der Waals surface area contributed by atoms with Gasteiger partial charge in [-0.3, -0.25) is 4.79 Å². The number of fused-ring (bicyclic) bond motifs is 2. The highest BCUT2D eigenvalue weighted by Crippen LogP contribution is 2.48. The van der Waals surface area contributed by atoms with Crippen molar-refractivity contribution < 1.29 is 9.53 Å². The first-order chi connectivity index (χ1) is 11.7. The number of carbonyl (C=O) groups excluding carboxylic acids is 1. The fourth-order valence-corrected chi connectivity index (χ4v) is 4.91. The number of carbonyl (C=O) groups is 1. The Bertz CT molecular complexity index is 621. The zero-order valence-electron chi connectivity index (χ0n) is 15.2. The monoisotopic (exact) mass is 401 g/mol. The predicted octanol–water partition coefficient (Wildman–Crippen LogP) is 2.56. The molecule has 1 heterocycles. The summed E-state index contributed by atoms with van der Waals surface area (Å²) in [6.07, 6.45) is 3.58. The second-order valence-corrected chi connectivity index (χ2v) is 7.45. The van der Waals surface area contributed by atoms with E-state index in [4.69, 9.17) is 10.5 Å². The number of rotatable bonds is 3. The van der Waals surface area contributed by atoms with Crippen LogP contribution < -0.4 is 15.4 Å². The van der Waals surface area contributed by atoms with E-state index in [0.29, 0.717) is 17.7 Å². The number of benzene rings is 1. The van der Waals surface area contributed by atoms with Crippen molar-refractivity contribution in [3.8, 4) is 5.75 Å². The summed E-state index contributed by atoms with van der Waals surface area (Å²) in [5.41, 5.74) is 7.52. The van der Waals surface area contributed by atoms with Gasteiger partial charge in [0.15, 0.2) is 0 Å². The summed E-state index contributed by atoms with van der Waals surface area (Å²) in [5.74, 6) is 2.38. The predicted molar refractivity (Wildman–Crippen MR) is 109 cm³/mol. The van der Waals surface area contributed by atoms with E-state index in [0.717, 1.165) is 37.6 Å². The van der Waals surface area contributed by atoms with Crippen LogP contribution in [0.2, 0.25) is 0 Å². The molecule has 4 unspecified atom stereocenters. The zero-order chi connectivity index (χ0) is 16.7. The number of halogens is 2. The second kappa shape index (κ2) is 8.68. The lowest BCUT2D eigenvalue weighted by atomic mass is 9.84. The Morgan fingerprint density at radius 2 is 1.81 bits per heavy atom. The number of hydrogen-bond acceptors (Lipinski definition) is 4. The van der Waals surface area contributed by atoms with Gasteiger partial charge in [-0.05, 0) is 43.2 Å². The quantitative estimate of drug-likeness (QED) is 0.845. The average Bonchev–Trinajstić information content (AvgIpc) is 3.22. The maximum absolute atomic E-state index is 13.0. The van der Waals surface area contributed by atoms with Gasteiger partial charge in [0, 0.05) is 44.0 Å². The summed E-state index contributed by atoms with van der Waals surface area (Å²) in [5, 5.41) is 0. The number of anilines is 1. The largest absolute Gasteiger partial charge is 0.497 e. The molecule has 1 aromatic rings. The van der Waals surface area contributed by atoms with Gasteiger partial charge in [0.05, 0.1) is 13.0 Å². The van der Waals surface area contributed by atoms with E-state index in [-0.39, 0.29) is 36.8 Å². The molecule has 5 nitrogen and oxygen atoms in total. The molecule has 3 fully saturated rings. The topological polar surface area (TPSA) is 58.8 Å². The third-order valence-electron chi connectivity index (χ3n) is 6.28. The van der Waals surface area contributed by atoms with Crippen LogP contribution in [0.3, 0.4) is 0 Å². The van der Waals surface area contributed by atoms with Gasteiger partial charge >= 0.3 is 0 Å². The molecule has 3 aliphatic rings. The molecule has 7 heteroatoms. The van der Waals surface area contributed by atoms with Crippen molar-refractivity contribution in [2.45, 2.75) is 25.3 Å². The minimum absolute atomic E-state index is 0. The summed E-state index contributed by atoms with van der Waals surface area (Å²) in [7, 11) is 1.69. The lowest BCUT2D eigenvalue weighted by Gasteiger charge is -2.39. The van der Waals surface area contributed by atoms with Crippen molar-refractivity contribution in [1.29, 1.82) is 0 Å². The van der Waals surface area contributed by atoms with Gasteiger partial charge < -0.3 is 20.3 Å². The van der Waals surface area contributed by atoms with Crippen LogP contribution in [0, 0.1) is 17.8 Å². The maximum atomic E-state index is 13.0. The molecule has 2 aliphatic carbocycles. The SMILES string of the molecule is COc1cccc(N2CCN(C(=O)C3C4CCC(C4)C3N)CC2)c1.Cl.Cl. The summed E-state index contributed by atoms with van der Waals surface area (Å²) in [6, 6.07) is 8.22. The van der Waals surface area contributed by atoms with E-state index in [9.17, 15) is 4.79 Å². The van der Waals surface area contributed by atoms with Crippen molar-refractivity contribution in [1.82, 2.24) is 4.90 Å². The molecule has 1 aliphatic heterocycles. The number of hydrogen-bond donors (Lipinski definition) is 1. The summed E-state index contributed by atoms with van der Waals surface area (Å²) >= 11 is 0. The summed E-state index contributed by atoms with van der Waals surface area (Å²) in [6.45, 7) is 3.32. The summed E-state index contributed by atoms with van der Waals surface area (Å²) < 4.78 is 5.31. The van der Waals surface area contributed by atoms with Crippen LogP contribution in [-0.2, 0) is 4.79 Å². The first-order valence-corrected chi connectivity index (χ1v) is 9.10. The number of piperazine rings is 1. The minimum Gasteiger partial charge on any atom is -0.497 e. The van der Waals surface area contributed by atoms with Crippen LogP contribution in [0.25, 0.3) is 0 Å². The third kappa shape index (κ3) is 3.75. The molecule has 2 saturated carbocycles. The van der Waals surface area contributed by atoms with Crippen molar-refractivity contribution in [3.05, 3.63) is 24.3 Å². The Labute approximate surface area is 168 Å². The summed E-state index contributed by atoms with van der Waals surface area (Å²) in [4.78, 5) is 17.3. The molecule has 2 N–H and O–H groups in total. The van der Waals surface area contributed by atoms with E-state index in [1.165, 1.54) is 19.3 Å². The van der Waals surface area contributed by atoms with Crippen LogP contribution in [0.5, 0.6) is 5.75 Å². The molecule has 2 bridgehead atoms. The van der Waals surface area contributed by atoms with Crippen molar-refractivity contribution in [2.75, 3.05) is 38.2 Å². The van der Waals surface area contributed by atoms with Gasteiger partial charge in [-0.15, -0.1) is 24.8 Å². The fourth-order valence-electron chi connectivity index (χ4n) is 4.91. The van der Waals surface area contributed by atoms with Crippen LogP contribution in [0.1, 0.15) is 19.3 Å². The molecule has 4 atom stereocenters. The van der Waals surface area contributed by atoms with Crippen molar-refractivity contribution in [2.24, 2.45) is 23.5 Å². The van der Waals surface area contributed by atoms with E-state index in [1.54, 1.807) is 7.11 Å². The first kappa shape index (κ1) is 21.1. The molecular weight excluding hydrogens is 373 g/mol. The molecule has 1 aromatic carbocycles.